The minimum Gasteiger partial charge on any atom is -0.497 e. The van der Waals surface area contributed by atoms with Crippen molar-refractivity contribution in [1.82, 2.24) is 10.2 Å². The van der Waals surface area contributed by atoms with E-state index in [1.54, 1.807) is 43.5 Å². The first-order valence-corrected chi connectivity index (χ1v) is 9.01. The van der Waals surface area contributed by atoms with Gasteiger partial charge in [0.2, 0.25) is 0 Å². The lowest BCUT2D eigenvalue weighted by molar-refractivity contribution is -0.146. The number of amides is 1. The van der Waals surface area contributed by atoms with Crippen LogP contribution < -0.4 is 10.1 Å². The third-order valence-electron chi connectivity index (χ3n) is 4.82. The molecule has 148 valence electrons. The Morgan fingerprint density at radius 1 is 1.18 bits per heavy atom. The average Bonchev–Trinajstić information content (AvgIpc) is 3.09. The lowest BCUT2D eigenvalue weighted by atomic mass is 10.1. The molecule has 3 rings (SSSR count). The van der Waals surface area contributed by atoms with E-state index in [-0.39, 0.29) is 23.7 Å². The molecular weight excluding hydrogens is 363 g/mol. The molecule has 28 heavy (non-hydrogen) atoms. The minimum atomic E-state index is -0.496. The molecule has 1 aliphatic rings. The van der Waals surface area contributed by atoms with Crippen LogP contribution in [-0.4, -0.2) is 49.6 Å². The number of carbonyl (C=O) groups is 2. The number of hydrogen-bond donors (Lipinski definition) is 1. The van der Waals surface area contributed by atoms with E-state index in [2.05, 4.69) is 5.32 Å². The minimum absolute atomic E-state index is 0.226. The Balaban J connectivity index is 1.70. The fourth-order valence-corrected chi connectivity index (χ4v) is 3.47. The predicted octanol–water partition coefficient (Wildman–Crippen LogP) is 2.38. The predicted molar refractivity (Wildman–Crippen MR) is 101 cm³/mol. The van der Waals surface area contributed by atoms with E-state index < -0.39 is 6.04 Å². The SMILES string of the molecule is COC(=O)[C@@H]1C[C@H](NC(=O)c2cccc(OC)c2)CN1Cc1cccc(F)c1. The van der Waals surface area contributed by atoms with Gasteiger partial charge in [0.1, 0.15) is 17.6 Å². The zero-order valence-electron chi connectivity index (χ0n) is 15.9. The highest BCUT2D eigenvalue weighted by atomic mass is 19.1. The Bertz CT molecular complexity index is 858. The molecule has 1 saturated heterocycles. The highest BCUT2D eigenvalue weighted by Gasteiger charge is 2.38. The first-order valence-electron chi connectivity index (χ1n) is 9.01. The van der Waals surface area contributed by atoms with Crippen LogP contribution in [0.2, 0.25) is 0 Å². The van der Waals surface area contributed by atoms with Crippen LogP contribution in [0.4, 0.5) is 4.39 Å². The molecule has 2 aromatic rings. The number of rotatable bonds is 6. The van der Waals surface area contributed by atoms with Gasteiger partial charge in [-0.05, 0) is 42.3 Å². The van der Waals surface area contributed by atoms with Gasteiger partial charge in [0.25, 0.3) is 5.91 Å². The topological polar surface area (TPSA) is 67.9 Å². The van der Waals surface area contributed by atoms with Crippen molar-refractivity contribution >= 4 is 11.9 Å². The highest BCUT2D eigenvalue weighted by molar-refractivity contribution is 5.94. The first kappa shape index (κ1) is 19.8. The molecule has 2 atom stereocenters. The molecule has 0 saturated carbocycles. The summed E-state index contributed by atoms with van der Waals surface area (Å²) in [6.45, 7) is 0.856. The first-order chi connectivity index (χ1) is 13.5. The normalized spacial score (nSPS) is 19.2. The van der Waals surface area contributed by atoms with E-state index >= 15 is 0 Å². The van der Waals surface area contributed by atoms with E-state index in [4.69, 9.17) is 9.47 Å². The molecule has 1 heterocycles. The van der Waals surface area contributed by atoms with E-state index in [9.17, 15) is 14.0 Å². The summed E-state index contributed by atoms with van der Waals surface area (Å²) in [4.78, 5) is 26.7. The molecule has 2 aromatic carbocycles. The summed E-state index contributed by atoms with van der Waals surface area (Å²) in [5.74, 6) is -0.330. The summed E-state index contributed by atoms with van der Waals surface area (Å²) >= 11 is 0. The molecule has 1 N–H and O–H groups in total. The van der Waals surface area contributed by atoms with Crippen molar-refractivity contribution in [2.45, 2.75) is 25.0 Å². The fourth-order valence-electron chi connectivity index (χ4n) is 3.47. The van der Waals surface area contributed by atoms with Gasteiger partial charge in [-0.2, -0.15) is 0 Å². The highest BCUT2D eigenvalue weighted by Crippen LogP contribution is 2.23. The van der Waals surface area contributed by atoms with Crippen molar-refractivity contribution in [3.05, 3.63) is 65.5 Å². The molecule has 0 spiro atoms. The Labute approximate surface area is 163 Å². The smallest absolute Gasteiger partial charge is 0.323 e. The van der Waals surface area contributed by atoms with Crippen LogP contribution in [0.25, 0.3) is 0 Å². The van der Waals surface area contributed by atoms with Crippen LogP contribution in [0.1, 0.15) is 22.3 Å². The zero-order chi connectivity index (χ0) is 20.1. The van der Waals surface area contributed by atoms with Gasteiger partial charge in [0.15, 0.2) is 0 Å². The molecule has 6 nitrogen and oxygen atoms in total. The second-order valence-electron chi connectivity index (χ2n) is 6.74. The van der Waals surface area contributed by atoms with Crippen molar-refractivity contribution in [3.63, 3.8) is 0 Å². The number of ether oxygens (including phenoxy) is 2. The third kappa shape index (κ3) is 4.67. The molecule has 0 aromatic heterocycles. The van der Waals surface area contributed by atoms with Gasteiger partial charge in [0.05, 0.1) is 14.2 Å². The van der Waals surface area contributed by atoms with Crippen LogP contribution in [-0.2, 0) is 16.1 Å². The van der Waals surface area contributed by atoms with Crippen molar-refractivity contribution in [3.8, 4) is 5.75 Å². The standard InChI is InChI=1S/C21H23FN2O4/c1-27-18-8-4-6-15(10-18)20(25)23-17-11-19(21(26)28-2)24(13-17)12-14-5-3-7-16(22)9-14/h3-10,17,19H,11-13H2,1-2H3,(H,23,25)/t17-,19-/m0/s1. The Hall–Kier alpha value is -2.93. The molecule has 1 fully saturated rings. The lowest BCUT2D eigenvalue weighted by Gasteiger charge is -2.22. The summed E-state index contributed by atoms with van der Waals surface area (Å²) in [7, 11) is 2.88. The number of carbonyl (C=O) groups excluding carboxylic acids is 2. The quantitative estimate of drug-likeness (QED) is 0.772. The number of hydrogen-bond acceptors (Lipinski definition) is 5. The molecule has 7 heteroatoms. The van der Waals surface area contributed by atoms with Crippen molar-refractivity contribution in [1.29, 1.82) is 0 Å². The Morgan fingerprint density at radius 2 is 1.96 bits per heavy atom. The molecule has 0 aliphatic carbocycles. The van der Waals surface area contributed by atoms with Crippen LogP contribution >= 0.6 is 0 Å². The number of benzene rings is 2. The average molecular weight is 386 g/mol. The summed E-state index contributed by atoms with van der Waals surface area (Å²) < 4.78 is 23.5. The summed E-state index contributed by atoms with van der Waals surface area (Å²) in [6, 6.07) is 12.4. The van der Waals surface area contributed by atoms with Crippen LogP contribution in [0, 0.1) is 5.82 Å². The van der Waals surface area contributed by atoms with Gasteiger partial charge in [-0.3, -0.25) is 14.5 Å². The maximum atomic E-state index is 13.5. The molecule has 0 bridgehead atoms. The number of nitrogens with one attached hydrogen (secondary N) is 1. The number of likely N-dealkylation sites (tertiary alicyclic amines) is 1. The van der Waals surface area contributed by atoms with E-state index in [0.29, 0.717) is 30.8 Å². The van der Waals surface area contributed by atoms with Crippen LogP contribution in [0.5, 0.6) is 5.75 Å². The maximum Gasteiger partial charge on any atom is 0.323 e. The number of nitrogens with zero attached hydrogens (tertiary/aromatic N) is 1. The second kappa shape index (κ2) is 8.84. The number of esters is 1. The van der Waals surface area contributed by atoms with Crippen molar-refractivity contribution < 1.29 is 23.5 Å². The number of methoxy groups -OCH3 is 2. The van der Waals surface area contributed by atoms with Crippen molar-refractivity contribution in [2.24, 2.45) is 0 Å². The maximum absolute atomic E-state index is 13.5. The largest absolute Gasteiger partial charge is 0.497 e. The van der Waals surface area contributed by atoms with E-state index in [1.165, 1.54) is 19.2 Å². The van der Waals surface area contributed by atoms with Gasteiger partial charge in [-0.25, -0.2) is 4.39 Å². The van der Waals surface area contributed by atoms with Gasteiger partial charge in [-0.1, -0.05) is 18.2 Å². The fraction of sp³-hybridized carbons (Fsp3) is 0.333. The molecule has 0 unspecified atom stereocenters. The summed E-state index contributed by atoms with van der Waals surface area (Å²) in [5, 5.41) is 2.96. The summed E-state index contributed by atoms with van der Waals surface area (Å²) in [5.41, 5.74) is 1.24. The van der Waals surface area contributed by atoms with Crippen molar-refractivity contribution in [2.75, 3.05) is 20.8 Å². The van der Waals surface area contributed by atoms with Crippen LogP contribution in [0.15, 0.2) is 48.5 Å². The second-order valence-corrected chi connectivity index (χ2v) is 6.74. The Morgan fingerprint density at radius 3 is 2.68 bits per heavy atom. The Kier molecular flexibility index (Phi) is 6.26. The number of halogens is 1. The molecule has 1 aliphatic heterocycles. The van der Waals surface area contributed by atoms with E-state index in [0.717, 1.165) is 5.56 Å². The molecule has 0 radical (unpaired) electrons. The molecule has 1 amide bonds. The van der Waals surface area contributed by atoms with Gasteiger partial charge >= 0.3 is 5.97 Å². The van der Waals surface area contributed by atoms with Gasteiger partial charge in [-0.15, -0.1) is 0 Å². The van der Waals surface area contributed by atoms with Crippen LogP contribution in [0.3, 0.4) is 0 Å². The molecular formula is C21H23FN2O4. The zero-order valence-corrected chi connectivity index (χ0v) is 15.9. The summed E-state index contributed by atoms with van der Waals surface area (Å²) in [6.07, 6.45) is 0.428. The third-order valence-corrected chi connectivity index (χ3v) is 4.82. The van der Waals surface area contributed by atoms with Gasteiger partial charge < -0.3 is 14.8 Å². The van der Waals surface area contributed by atoms with E-state index in [1.807, 2.05) is 4.90 Å². The monoisotopic (exact) mass is 386 g/mol. The lowest BCUT2D eigenvalue weighted by Crippen LogP contribution is -2.37. The van der Waals surface area contributed by atoms with Gasteiger partial charge in [0, 0.05) is 24.7 Å².